The number of carbonyl (C=O) groups is 2. The highest BCUT2D eigenvalue weighted by Gasteiger charge is 2.29. The van der Waals surface area contributed by atoms with Crippen molar-refractivity contribution in [1.82, 2.24) is 15.1 Å². The van der Waals surface area contributed by atoms with E-state index in [-0.39, 0.29) is 18.4 Å². The third kappa shape index (κ3) is 3.85. The van der Waals surface area contributed by atoms with Crippen LogP contribution in [0.15, 0.2) is 0 Å². The minimum Gasteiger partial charge on any atom is -0.481 e. The average Bonchev–Trinajstić information content (AvgIpc) is 2.47. The van der Waals surface area contributed by atoms with Crippen LogP contribution >= 0.6 is 0 Å². The van der Waals surface area contributed by atoms with Crippen LogP contribution in [-0.2, 0) is 4.79 Å². The number of piperidine rings is 2. The van der Waals surface area contributed by atoms with Crippen molar-refractivity contribution in [1.29, 1.82) is 0 Å². The first-order chi connectivity index (χ1) is 9.58. The molecule has 2 N–H and O–H groups in total. The third-order valence-electron chi connectivity index (χ3n) is 4.51. The molecule has 0 radical (unpaired) electrons. The maximum Gasteiger partial charge on any atom is 0.319 e. The lowest BCUT2D eigenvalue weighted by Crippen LogP contribution is -2.51. The van der Waals surface area contributed by atoms with E-state index >= 15 is 0 Å². The van der Waals surface area contributed by atoms with E-state index in [1.807, 2.05) is 16.8 Å². The van der Waals surface area contributed by atoms with Gasteiger partial charge in [-0.05, 0) is 44.7 Å². The number of amides is 2. The fourth-order valence-corrected chi connectivity index (χ4v) is 3.15. The molecule has 0 saturated carbocycles. The van der Waals surface area contributed by atoms with Gasteiger partial charge in [0.15, 0.2) is 0 Å². The number of hydrogen-bond acceptors (Lipinski definition) is 3. The highest BCUT2D eigenvalue weighted by molar-refractivity contribution is 5.74. The average molecular weight is 283 g/mol. The molecule has 0 unspecified atom stereocenters. The molecule has 114 valence electrons. The van der Waals surface area contributed by atoms with Gasteiger partial charge in [0.2, 0.25) is 0 Å². The molecule has 2 saturated heterocycles. The SMILES string of the molecule is CN(C(=O)N1CCC(CC(=O)O)CC1)C1CCNCC1. The van der Waals surface area contributed by atoms with E-state index in [4.69, 9.17) is 5.11 Å². The Labute approximate surface area is 120 Å². The van der Waals surface area contributed by atoms with Crippen LogP contribution in [0.4, 0.5) is 4.79 Å². The summed E-state index contributed by atoms with van der Waals surface area (Å²) in [5, 5.41) is 12.1. The summed E-state index contributed by atoms with van der Waals surface area (Å²) in [6.45, 7) is 3.32. The molecule has 0 spiro atoms. The first-order valence-electron chi connectivity index (χ1n) is 7.52. The summed E-state index contributed by atoms with van der Waals surface area (Å²) in [5.74, 6) is -0.512. The molecule has 2 heterocycles. The minimum atomic E-state index is -0.735. The largest absolute Gasteiger partial charge is 0.481 e. The summed E-state index contributed by atoms with van der Waals surface area (Å²) in [4.78, 5) is 26.9. The zero-order valence-corrected chi connectivity index (χ0v) is 12.2. The van der Waals surface area contributed by atoms with Crippen molar-refractivity contribution in [3.8, 4) is 0 Å². The molecule has 0 aromatic heterocycles. The Morgan fingerprint density at radius 3 is 2.35 bits per heavy atom. The number of nitrogens with zero attached hydrogens (tertiary/aromatic N) is 2. The van der Waals surface area contributed by atoms with Gasteiger partial charge < -0.3 is 20.2 Å². The van der Waals surface area contributed by atoms with Crippen molar-refractivity contribution >= 4 is 12.0 Å². The molecular weight excluding hydrogens is 258 g/mol. The Morgan fingerprint density at radius 1 is 1.20 bits per heavy atom. The van der Waals surface area contributed by atoms with Gasteiger partial charge in [0.05, 0.1) is 0 Å². The quantitative estimate of drug-likeness (QED) is 0.810. The Bertz CT molecular complexity index is 348. The van der Waals surface area contributed by atoms with Crippen LogP contribution < -0.4 is 5.32 Å². The van der Waals surface area contributed by atoms with Gasteiger partial charge in [-0.15, -0.1) is 0 Å². The molecule has 0 aliphatic carbocycles. The monoisotopic (exact) mass is 283 g/mol. The number of aliphatic carboxylic acids is 1. The van der Waals surface area contributed by atoms with Crippen molar-refractivity contribution in [2.24, 2.45) is 5.92 Å². The van der Waals surface area contributed by atoms with Gasteiger partial charge in [-0.25, -0.2) is 4.79 Å². The lowest BCUT2D eigenvalue weighted by molar-refractivity contribution is -0.138. The highest BCUT2D eigenvalue weighted by atomic mass is 16.4. The van der Waals surface area contributed by atoms with E-state index in [0.717, 1.165) is 38.8 Å². The van der Waals surface area contributed by atoms with Crippen LogP contribution in [0.3, 0.4) is 0 Å². The van der Waals surface area contributed by atoms with Gasteiger partial charge in [-0.1, -0.05) is 0 Å². The zero-order chi connectivity index (χ0) is 14.5. The molecular formula is C14H25N3O3. The van der Waals surface area contributed by atoms with Gasteiger partial charge in [0, 0.05) is 32.6 Å². The van der Waals surface area contributed by atoms with Crippen LogP contribution in [0.2, 0.25) is 0 Å². The van der Waals surface area contributed by atoms with Crippen molar-refractivity contribution in [2.75, 3.05) is 33.2 Å². The Morgan fingerprint density at radius 2 is 1.80 bits per heavy atom. The number of likely N-dealkylation sites (tertiary alicyclic amines) is 1. The summed E-state index contributed by atoms with van der Waals surface area (Å²) in [6, 6.07) is 0.436. The van der Waals surface area contributed by atoms with Crippen LogP contribution in [0.25, 0.3) is 0 Å². The minimum absolute atomic E-state index is 0.102. The number of nitrogens with one attached hydrogen (secondary N) is 1. The van der Waals surface area contributed by atoms with E-state index in [9.17, 15) is 9.59 Å². The lowest BCUT2D eigenvalue weighted by Gasteiger charge is -2.38. The fraction of sp³-hybridized carbons (Fsp3) is 0.857. The number of carbonyl (C=O) groups excluding carboxylic acids is 1. The van der Waals surface area contributed by atoms with Crippen LogP contribution in [0, 0.1) is 5.92 Å². The maximum absolute atomic E-state index is 12.4. The second-order valence-corrected chi connectivity index (χ2v) is 5.90. The first kappa shape index (κ1) is 15.1. The van der Waals surface area contributed by atoms with Crippen LogP contribution in [0.5, 0.6) is 0 Å². The van der Waals surface area contributed by atoms with E-state index < -0.39 is 5.97 Å². The van der Waals surface area contributed by atoms with E-state index in [2.05, 4.69) is 5.32 Å². The third-order valence-corrected chi connectivity index (χ3v) is 4.51. The lowest BCUT2D eigenvalue weighted by atomic mass is 9.94. The van der Waals surface area contributed by atoms with Gasteiger partial charge >= 0.3 is 12.0 Å². The molecule has 6 heteroatoms. The second kappa shape index (κ2) is 6.92. The second-order valence-electron chi connectivity index (χ2n) is 5.90. The summed E-state index contributed by atoms with van der Waals surface area (Å²) >= 11 is 0. The van der Waals surface area contributed by atoms with Crippen molar-refractivity contribution in [2.45, 2.75) is 38.1 Å². The molecule has 0 atom stereocenters. The molecule has 0 aromatic rings. The summed E-state index contributed by atoms with van der Waals surface area (Å²) in [6.07, 6.45) is 3.86. The molecule has 2 amide bonds. The number of urea groups is 1. The standard InChI is InChI=1S/C14H25N3O3/c1-16(12-2-6-15-7-3-12)14(20)17-8-4-11(5-9-17)10-13(18)19/h11-12,15H,2-10H2,1H3,(H,18,19). The molecule has 6 nitrogen and oxygen atoms in total. The Hall–Kier alpha value is -1.30. The van der Waals surface area contributed by atoms with Gasteiger partial charge in [0.25, 0.3) is 0 Å². The Balaban J connectivity index is 1.80. The molecule has 2 fully saturated rings. The van der Waals surface area contributed by atoms with Crippen LogP contribution in [0.1, 0.15) is 32.1 Å². The molecule has 0 aromatic carbocycles. The van der Waals surface area contributed by atoms with Gasteiger partial charge in [-0.3, -0.25) is 4.79 Å². The van der Waals surface area contributed by atoms with Crippen molar-refractivity contribution in [3.05, 3.63) is 0 Å². The molecule has 2 aliphatic heterocycles. The van der Waals surface area contributed by atoms with E-state index in [0.29, 0.717) is 19.1 Å². The summed E-state index contributed by atoms with van der Waals surface area (Å²) in [7, 11) is 1.89. The van der Waals surface area contributed by atoms with Gasteiger partial charge in [-0.2, -0.15) is 0 Å². The molecule has 20 heavy (non-hydrogen) atoms. The number of carboxylic acids is 1. The molecule has 0 bridgehead atoms. The van der Waals surface area contributed by atoms with E-state index in [1.54, 1.807) is 0 Å². The van der Waals surface area contributed by atoms with Crippen LogP contribution in [-0.4, -0.2) is 66.2 Å². The molecule has 2 aliphatic rings. The maximum atomic E-state index is 12.4. The number of rotatable bonds is 3. The zero-order valence-electron chi connectivity index (χ0n) is 12.2. The highest BCUT2D eigenvalue weighted by Crippen LogP contribution is 2.22. The topological polar surface area (TPSA) is 72.9 Å². The number of carboxylic acid groups (broad SMARTS) is 1. The molecule has 2 rings (SSSR count). The normalized spacial score (nSPS) is 21.8. The predicted molar refractivity (Wildman–Crippen MR) is 75.6 cm³/mol. The summed E-state index contributed by atoms with van der Waals surface area (Å²) in [5.41, 5.74) is 0. The fourth-order valence-electron chi connectivity index (χ4n) is 3.15. The smallest absolute Gasteiger partial charge is 0.319 e. The first-order valence-corrected chi connectivity index (χ1v) is 7.52. The number of hydrogen-bond donors (Lipinski definition) is 2. The Kier molecular flexibility index (Phi) is 5.23. The van der Waals surface area contributed by atoms with E-state index in [1.165, 1.54) is 0 Å². The van der Waals surface area contributed by atoms with Crippen molar-refractivity contribution in [3.63, 3.8) is 0 Å². The van der Waals surface area contributed by atoms with Crippen molar-refractivity contribution < 1.29 is 14.7 Å². The predicted octanol–water partition coefficient (Wildman–Crippen LogP) is 0.977. The summed E-state index contributed by atoms with van der Waals surface area (Å²) < 4.78 is 0. The van der Waals surface area contributed by atoms with Gasteiger partial charge in [0.1, 0.15) is 0 Å².